The van der Waals surface area contributed by atoms with Gasteiger partial charge in [0.05, 0.1) is 23.7 Å². The summed E-state index contributed by atoms with van der Waals surface area (Å²) in [7, 11) is 0. The van der Waals surface area contributed by atoms with Crippen molar-refractivity contribution in [1.82, 2.24) is 9.97 Å². The maximum atomic E-state index is 9.64. The van der Waals surface area contributed by atoms with Crippen molar-refractivity contribution in [2.24, 2.45) is 0 Å². The number of ether oxygens (including phenoxy) is 1. The molecule has 0 aromatic carbocycles. The van der Waals surface area contributed by atoms with Crippen LogP contribution in [0.4, 0.5) is 5.82 Å². The van der Waals surface area contributed by atoms with Gasteiger partial charge in [-0.2, -0.15) is 0 Å². The van der Waals surface area contributed by atoms with E-state index in [9.17, 15) is 5.11 Å². The Morgan fingerprint density at radius 3 is 2.88 bits per heavy atom. The Balaban J connectivity index is 2.09. The van der Waals surface area contributed by atoms with Crippen LogP contribution in [0.2, 0.25) is 0 Å². The Morgan fingerprint density at radius 2 is 2.21 bits per heavy atom. The minimum absolute atomic E-state index is 0.126. The molecular formula is C17H25N3O2S2. The van der Waals surface area contributed by atoms with E-state index in [-0.39, 0.29) is 5.60 Å². The number of hydrogen-bond donors (Lipinski definition) is 2. The van der Waals surface area contributed by atoms with Gasteiger partial charge in [-0.3, -0.25) is 0 Å². The highest BCUT2D eigenvalue weighted by molar-refractivity contribution is 7.99. The monoisotopic (exact) mass is 367 g/mol. The summed E-state index contributed by atoms with van der Waals surface area (Å²) in [6.45, 7) is 9.34. The van der Waals surface area contributed by atoms with E-state index in [0.29, 0.717) is 13.2 Å². The van der Waals surface area contributed by atoms with E-state index >= 15 is 0 Å². The van der Waals surface area contributed by atoms with Crippen LogP contribution in [0.1, 0.15) is 44.6 Å². The number of fused-ring (bicyclic) bond motifs is 3. The van der Waals surface area contributed by atoms with E-state index in [2.05, 4.69) is 26.1 Å². The molecule has 2 aromatic rings. The van der Waals surface area contributed by atoms with Crippen LogP contribution in [0.3, 0.4) is 0 Å². The number of rotatable bonds is 6. The van der Waals surface area contributed by atoms with Crippen LogP contribution < -0.4 is 5.32 Å². The van der Waals surface area contributed by atoms with Crippen LogP contribution in [0.5, 0.6) is 0 Å². The van der Waals surface area contributed by atoms with Gasteiger partial charge in [0.1, 0.15) is 10.6 Å². The number of nitrogens with one attached hydrogen (secondary N) is 1. The molecule has 1 aliphatic rings. The maximum Gasteiger partial charge on any atom is 0.190 e. The molecule has 24 heavy (non-hydrogen) atoms. The molecule has 0 saturated heterocycles. The topological polar surface area (TPSA) is 67.3 Å². The quantitative estimate of drug-likeness (QED) is 0.597. The van der Waals surface area contributed by atoms with Crippen LogP contribution in [-0.2, 0) is 17.8 Å². The lowest BCUT2D eigenvalue weighted by atomic mass is 9.90. The lowest BCUT2D eigenvalue weighted by Crippen LogP contribution is -2.34. The predicted octanol–water partition coefficient (Wildman–Crippen LogP) is 3.84. The molecule has 0 aliphatic carbocycles. The number of nitrogens with zero attached hydrogens (tertiary/aromatic N) is 2. The minimum atomic E-state index is -0.420. The van der Waals surface area contributed by atoms with E-state index in [1.165, 1.54) is 10.4 Å². The fourth-order valence-electron chi connectivity index (χ4n) is 2.85. The standard InChI is InChI=1S/C17H25N3O2S2/c1-5-17(4)7-11-12(9-22-17)24-15-13(11)14(18-8-10(3)21)19-16(20-15)23-6-2/h10,21H,5-9H2,1-4H3,(H,18,19,20)/t10-,17-/m0/s1. The molecule has 0 fully saturated rings. The SMILES string of the molecule is CCSc1nc(NC[C@H](C)O)c2c3c(sc2n1)CO[C@@](C)(CC)C3. The summed E-state index contributed by atoms with van der Waals surface area (Å²) < 4.78 is 6.08. The fourth-order valence-corrected chi connectivity index (χ4v) is 4.58. The maximum absolute atomic E-state index is 9.64. The van der Waals surface area contributed by atoms with E-state index < -0.39 is 6.10 Å². The van der Waals surface area contributed by atoms with Gasteiger partial charge in [-0.1, -0.05) is 25.6 Å². The number of hydrogen-bond acceptors (Lipinski definition) is 7. The highest BCUT2D eigenvalue weighted by Gasteiger charge is 2.33. The number of aromatic nitrogens is 2. The normalized spacial score (nSPS) is 21.7. The van der Waals surface area contributed by atoms with Gasteiger partial charge in [0.25, 0.3) is 0 Å². The summed E-state index contributed by atoms with van der Waals surface area (Å²) >= 11 is 3.35. The lowest BCUT2D eigenvalue weighted by molar-refractivity contribution is -0.0542. The zero-order chi connectivity index (χ0) is 17.3. The van der Waals surface area contributed by atoms with Crippen molar-refractivity contribution in [1.29, 1.82) is 0 Å². The molecule has 2 atom stereocenters. The van der Waals surface area contributed by atoms with Crippen LogP contribution in [-0.4, -0.2) is 39.1 Å². The average Bonchev–Trinajstić information content (AvgIpc) is 2.90. The number of aliphatic hydroxyl groups is 1. The van der Waals surface area contributed by atoms with Crippen molar-refractivity contribution >= 4 is 39.1 Å². The second kappa shape index (κ2) is 7.15. The van der Waals surface area contributed by atoms with Gasteiger partial charge in [-0.05, 0) is 31.6 Å². The second-order valence-corrected chi connectivity index (χ2v) is 8.79. The number of thioether (sulfide) groups is 1. The van der Waals surface area contributed by atoms with Crippen LogP contribution in [0.25, 0.3) is 10.2 Å². The van der Waals surface area contributed by atoms with Crippen LogP contribution >= 0.6 is 23.1 Å². The number of thiophene rings is 1. The molecule has 0 spiro atoms. The van der Waals surface area contributed by atoms with Crippen molar-refractivity contribution in [3.8, 4) is 0 Å². The molecule has 0 radical (unpaired) electrons. The second-order valence-electron chi connectivity index (χ2n) is 6.47. The first-order valence-electron chi connectivity index (χ1n) is 8.46. The summed E-state index contributed by atoms with van der Waals surface area (Å²) in [6.07, 6.45) is 1.44. The first-order chi connectivity index (χ1) is 11.5. The highest BCUT2D eigenvalue weighted by atomic mass is 32.2. The third-order valence-corrected chi connectivity index (χ3v) is 6.23. The fraction of sp³-hybridized carbons (Fsp3) is 0.647. The molecule has 0 bridgehead atoms. The van der Waals surface area contributed by atoms with Gasteiger partial charge in [0.15, 0.2) is 5.16 Å². The third-order valence-electron chi connectivity index (χ3n) is 4.40. The Morgan fingerprint density at radius 1 is 1.42 bits per heavy atom. The first-order valence-corrected chi connectivity index (χ1v) is 10.3. The molecule has 0 amide bonds. The Bertz CT molecular complexity index is 732. The van der Waals surface area contributed by atoms with Gasteiger partial charge in [-0.25, -0.2) is 9.97 Å². The van der Waals surface area contributed by atoms with E-state index in [0.717, 1.165) is 39.8 Å². The van der Waals surface area contributed by atoms with Crippen molar-refractivity contribution in [3.63, 3.8) is 0 Å². The van der Waals surface area contributed by atoms with Gasteiger partial charge in [0, 0.05) is 17.8 Å². The molecular weight excluding hydrogens is 342 g/mol. The molecule has 1 aliphatic heterocycles. The molecule has 7 heteroatoms. The Labute approximate surface area is 151 Å². The molecule has 0 saturated carbocycles. The summed E-state index contributed by atoms with van der Waals surface area (Å²) in [5, 5.41) is 14.9. The molecule has 132 valence electrons. The summed E-state index contributed by atoms with van der Waals surface area (Å²) in [5.41, 5.74) is 1.19. The van der Waals surface area contributed by atoms with Crippen molar-refractivity contribution in [2.45, 2.75) is 64.0 Å². The van der Waals surface area contributed by atoms with Crippen molar-refractivity contribution < 1.29 is 9.84 Å². The molecule has 0 unspecified atom stereocenters. The Hall–Kier alpha value is -0.890. The van der Waals surface area contributed by atoms with Gasteiger partial charge in [-0.15, -0.1) is 11.3 Å². The smallest absolute Gasteiger partial charge is 0.190 e. The van der Waals surface area contributed by atoms with Gasteiger partial charge in [0.2, 0.25) is 0 Å². The third kappa shape index (κ3) is 3.54. The molecule has 2 N–H and O–H groups in total. The molecule has 2 aromatic heterocycles. The van der Waals surface area contributed by atoms with Gasteiger partial charge < -0.3 is 15.2 Å². The largest absolute Gasteiger partial charge is 0.392 e. The molecule has 3 heterocycles. The summed E-state index contributed by atoms with van der Waals surface area (Å²) in [4.78, 5) is 11.7. The number of aliphatic hydroxyl groups excluding tert-OH is 1. The van der Waals surface area contributed by atoms with Crippen LogP contribution in [0, 0.1) is 0 Å². The molecule has 3 rings (SSSR count). The summed E-state index contributed by atoms with van der Waals surface area (Å²) in [5.74, 6) is 1.78. The Kier molecular flexibility index (Phi) is 5.34. The van der Waals surface area contributed by atoms with E-state index in [1.54, 1.807) is 30.0 Å². The summed E-state index contributed by atoms with van der Waals surface area (Å²) in [6, 6.07) is 0. The predicted molar refractivity (Wildman–Crippen MR) is 101 cm³/mol. The van der Waals surface area contributed by atoms with E-state index in [4.69, 9.17) is 14.7 Å². The van der Waals surface area contributed by atoms with Crippen molar-refractivity contribution in [3.05, 3.63) is 10.4 Å². The zero-order valence-corrected chi connectivity index (χ0v) is 16.3. The van der Waals surface area contributed by atoms with Gasteiger partial charge >= 0.3 is 0 Å². The first kappa shape index (κ1) is 17.9. The van der Waals surface area contributed by atoms with Crippen molar-refractivity contribution in [2.75, 3.05) is 17.6 Å². The number of anilines is 1. The van der Waals surface area contributed by atoms with Crippen LogP contribution in [0.15, 0.2) is 5.16 Å². The molecule has 5 nitrogen and oxygen atoms in total. The zero-order valence-electron chi connectivity index (χ0n) is 14.7. The average molecular weight is 368 g/mol. The van der Waals surface area contributed by atoms with E-state index in [1.807, 2.05) is 0 Å². The lowest BCUT2D eigenvalue weighted by Gasteiger charge is -2.33. The minimum Gasteiger partial charge on any atom is -0.392 e. The highest BCUT2D eigenvalue weighted by Crippen LogP contribution is 2.42.